The van der Waals surface area contributed by atoms with Gasteiger partial charge in [-0.1, -0.05) is 74.9 Å². The van der Waals surface area contributed by atoms with Gasteiger partial charge in [0.25, 0.3) is 0 Å². The standard InChI is InChI=1S/C22H31N3O/c1-3-5-14-25(4-2)17-19-11-9-10-18(15-19)16-24-22(26)21(23)20-12-7-6-8-13-20/h6-13,15,21H,3-5,14,16-17,23H2,1-2H3,(H,24,26). The van der Waals surface area contributed by atoms with Crippen LogP contribution in [0, 0.1) is 0 Å². The Bertz CT molecular complexity index is 672. The molecular formula is C22H31N3O. The highest BCUT2D eigenvalue weighted by atomic mass is 16.2. The molecule has 0 aliphatic heterocycles. The third-order valence-electron chi connectivity index (χ3n) is 4.58. The van der Waals surface area contributed by atoms with Gasteiger partial charge in [0.2, 0.25) is 5.91 Å². The number of nitrogens with two attached hydrogens (primary N) is 1. The molecule has 140 valence electrons. The second-order valence-electron chi connectivity index (χ2n) is 6.65. The van der Waals surface area contributed by atoms with E-state index in [1.807, 2.05) is 36.4 Å². The van der Waals surface area contributed by atoms with Gasteiger partial charge in [-0.3, -0.25) is 9.69 Å². The summed E-state index contributed by atoms with van der Waals surface area (Å²) in [4.78, 5) is 14.8. The van der Waals surface area contributed by atoms with Crippen LogP contribution >= 0.6 is 0 Å². The lowest BCUT2D eigenvalue weighted by Crippen LogP contribution is -2.33. The van der Waals surface area contributed by atoms with Crippen molar-refractivity contribution in [2.75, 3.05) is 13.1 Å². The molecule has 3 N–H and O–H groups in total. The minimum atomic E-state index is -0.635. The molecule has 1 atom stereocenters. The van der Waals surface area contributed by atoms with Crippen LogP contribution in [-0.4, -0.2) is 23.9 Å². The number of rotatable bonds is 10. The first kappa shape index (κ1) is 20.1. The highest BCUT2D eigenvalue weighted by Gasteiger charge is 2.14. The van der Waals surface area contributed by atoms with Gasteiger partial charge in [-0.25, -0.2) is 0 Å². The van der Waals surface area contributed by atoms with E-state index in [0.717, 1.165) is 30.8 Å². The van der Waals surface area contributed by atoms with Crippen LogP contribution in [-0.2, 0) is 17.9 Å². The molecule has 26 heavy (non-hydrogen) atoms. The lowest BCUT2D eigenvalue weighted by molar-refractivity contribution is -0.122. The Morgan fingerprint density at radius 3 is 2.50 bits per heavy atom. The lowest BCUT2D eigenvalue weighted by atomic mass is 10.1. The predicted molar refractivity (Wildman–Crippen MR) is 108 cm³/mol. The summed E-state index contributed by atoms with van der Waals surface area (Å²) in [6.07, 6.45) is 2.44. The molecule has 1 amide bonds. The van der Waals surface area contributed by atoms with Gasteiger partial charge in [-0.2, -0.15) is 0 Å². The summed E-state index contributed by atoms with van der Waals surface area (Å²) in [6, 6.07) is 17.2. The van der Waals surface area contributed by atoms with Crippen LogP contribution in [0.5, 0.6) is 0 Å². The first-order valence-electron chi connectivity index (χ1n) is 9.52. The number of hydrogen-bond donors (Lipinski definition) is 2. The number of hydrogen-bond acceptors (Lipinski definition) is 3. The maximum absolute atomic E-state index is 12.3. The highest BCUT2D eigenvalue weighted by Crippen LogP contribution is 2.12. The number of unbranched alkanes of at least 4 members (excludes halogenated alkanes) is 1. The first-order valence-corrected chi connectivity index (χ1v) is 9.52. The number of amides is 1. The van der Waals surface area contributed by atoms with Crippen molar-refractivity contribution in [2.45, 2.75) is 45.8 Å². The number of carbonyl (C=O) groups is 1. The Balaban J connectivity index is 1.90. The molecule has 0 aliphatic rings. The molecule has 0 fully saturated rings. The van der Waals surface area contributed by atoms with Crippen LogP contribution in [0.1, 0.15) is 49.4 Å². The van der Waals surface area contributed by atoms with Gasteiger partial charge >= 0.3 is 0 Å². The maximum Gasteiger partial charge on any atom is 0.241 e. The fourth-order valence-corrected chi connectivity index (χ4v) is 2.94. The molecule has 4 nitrogen and oxygen atoms in total. The fraction of sp³-hybridized carbons (Fsp3) is 0.409. The van der Waals surface area contributed by atoms with Crippen LogP contribution < -0.4 is 11.1 Å². The zero-order valence-electron chi connectivity index (χ0n) is 15.9. The van der Waals surface area contributed by atoms with Crippen molar-refractivity contribution >= 4 is 5.91 Å². The monoisotopic (exact) mass is 353 g/mol. The van der Waals surface area contributed by atoms with Gasteiger partial charge in [0.1, 0.15) is 6.04 Å². The predicted octanol–water partition coefficient (Wildman–Crippen LogP) is 3.62. The Labute approximate surface area is 157 Å². The molecule has 0 bridgehead atoms. The first-order chi connectivity index (χ1) is 12.6. The quantitative estimate of drug-likeness (QED) is 0.686. The average molecular weight is 354 g/mol. The molecule has 1 unspecified atom stereocenters. The molecule has 0 saturated heterocycles. The second-order valence-corrected chi connectivity index (χ2v) is 6.65. The number of carbonyl (C=O) groups excluding carboxylic acids is 1. The number of nitrogens with one attached hydrogen (secondary N) is 1. The molecule has 0 saturated carbocycles. The SMILES string of the molecule is CCCCN(CC)Cc1cccc(CNC(=O)C(N)c2ccccc2)c1. The van der Waals surface area contributed by atoms with E-state index in [4.69, 9.17) is 5.73 Å². The lowest BCUT2D eigenvalue weighted by Gasteiger charge is -2.20. The van der Waals surface area contributed by atoms with Gasteiger partial charge in [0.05, 0.1) is 0 Å². The molecule has 2 rings (SSSR count). The van der Waals surface area contributed by atoms with Crippen LogP contribution in [0.3, 0.4) is 0 Å². The molecule has 0 heterocycles. The van der Waals surface area contributed by atoms with E-state index in [9.17, 15) is 4.79 Å². The van der Waals surface area contributed by atoms with E-state index in [1.165, 1.54) is 18.4 Å². The molecule has 2 aromatic rings. The van der Waals surface area contributed by atoms with Gasteiger partial charge in [0.15, 0.2) is 0 Å². The van der Waals surface area contributed by atoms with Gasteiger partial charge in [0, 0.05) is 13.1 Å². The second kappa shape index (κ2) is 10.7. The minimum absolute atomic E-state index is 0.153. The molecule has 0 aromatic heterocycles. The summed E-state index contributed by atoms with van der Waals surface area (Å²) in [5, 5.41) is 2.95. The summed E-state index contributed by atoms with van der Waals surface area (Å²) in [5.74, 6) is -0.153. The van der Waals surface area contributed by atoms with Crippen LogP contribution in [0.15, 0.2) is 54.6 Å². The molecule has 0 radical (unpaired) electrons. The molecule has 4 heteroatoms. The van der Waals surface area contributed by atoms with Crippen molar-refractivity contribution in [3.8, 4) is 0 Å². The Hall–Kier alpha value is -2.17. The molecule has 0 aliphatic carbocycles. The van der Waals surface area contributed by atoms with Crippen molar-refractivity contribution in [3.63, 3.8) is 0 Å². The van der Waals surface area contributed by atoms with E-state index in [2.05, 4.69) is 42.3 Å². The molecule has 0 spiro atoms. The van der Waals surface area contributed by atoms with Gasteiger partial charge < -0.3 is 11.1 Å². The largest absolute Gasteiger partial charge is 0.350 e. The minimum Gasteiger partial charge on any atom is -0.350 e. The average Bonchev–Trinajstić information content (AvgIpc) is 2.69. The fourth-order valence-electron chi connectivity index (χ4n) is 2.94. The van der Waals surface area contributed by atoms with Gasteiger partial charge in [-0.05, 0) is 36.2 Å². The van der Waals surface area contributed by atoms with Crippen LogP contribution in [0.4, 0.5) is 0 Å². The van der Waals surface area contributed by atoms with Crippen LogP contribution in [0.2, 0.25) is 0 Å². The normalized spacial score (nSPS) is 12.2. The zero-order chi connectivity index (χ0) is 18.8. The van der Waals surface area contributed by atoms with E-state index >= 15 is 0 Å². The summed E-state index contributed by atoms with van der Waals surface area (Å²) in [6.45, 7) is 8.03. The van der Waals surface area contributed by atoms with Crippen molar-refractivity contribution in [1.82, 2.24) is 10.2 Å². The third-order valence-corrected chi connectivity index (χ3v) is 4.58. The number of benzene rings is 2. The van der Waals surface area contributed by atoms with E-state index in [-0.39, 0.29) is 5.91 Å². The summed E-state index contributed by atoms with van der Waals surface area (Å²) in [5.41, 5.74) is 9.25. The van der Waals surface area contributed by atoms with E-state index in [1.54, 1.807) is 0 Å². The Kier molecular flexibility index (Phi) is 8.32. The topological polar surface area (TPSA) is 58.4 Å². The number of nitrogens with zero attached hydrogens (tertiary/aromatic N) is 1. The highest BCUT2D eigenvalue weighted by molar-refractivity contribution is 5.82. The van der Waals surface area contributed by atoms with Crippen molar-refractivity contribution in [3.05, 3.63) is 71.3 Å². The van der Waals surface area contributed by atoms with E-state index in [0.29, 0.717) is 6.54 Å². The summed E-state index contributed by atoms with van der Waals surface area (Å²) in [7, 11) is 0. The summed E-state index contributed by atoms with van der Waals surface area (Å²) < 4.78 is 0. The van der Waals surface area contributed by atoms with Crippen molar-refractivity contribution in [2.24, 2.45) is 5.73 Å². The Morgan fingerprint density at radius 1 is 1.08 bits per heavy atom. The van der Waals surface area contributed by atoms with E-state index < -0.39 is 6.04 Å². The van der Waals surface area contributed by atoms with Crippen molar-refractivity contribution in [1.29, 1.82) is 0 Å². The molecular weight excluding hydrogens is 322 g/mol. The molecule has 2 aromatic carbocycles. The zero-order valence-corrected chi connectivity index (χ0v) is 15.9. The van der Waals surface area contributed by atoms with Crippen molar-refractivity contribution < 1.29 is 4.79 Å². The van der Waals surface area contributed by atoms with Gasteiger partial charge in [-0.15, -0.1) is 0 Å². The van der Waals surface area contributed by atoms with Crippen LogP contribution in [0.25, 0.3) is 0 Å². The smallest absolute Gasteiger partial charge is 0.241 e. The third kappa shape index (κ3) is 6.28. The maximum atomic E-state index is 12.3. The summed E-state index contributed by atoms with van der Waals surface area (Å²) >= 11 is 0. The Morgan fingerprint density at radius 2 is 1.81 bits per heavy atom.